The molecule has 0 unspecified atom stereocenters. The minimum absolute atomic E-state index is 0.573. The van der Waals surface area contributed by atoms with Gasteiger partial charge >= 0.3 is 0 Å². The Balaban J connectivity index is 1.73. The highest BCUT2D eigenvalue weighted by molar-refractivity contribution is 8.04. The van der Waals surface area contributed by atoms with Crippen LogP contribution in [0.5, 0.6) is 0 Å². The largest absolute Gasteiger partial charge is 0.185 e. The average molecular weight is 261 g/mol. The second-order valence-corrected chi connectivity index (χ2v) is 7.01. The quantitative estimate of drug-likeness (QED) is 0.509. The lowest BCUT2D eigenvalue weighted by molar-refractivity contribution is 0.337. The maximum Gasteiger partial charge on any atom is 0.133 e. The zero-order valence-electron chi connectivity index (χ0n) is 11.3. The van der Waals surface area contributed by atoms with Gasteiger partial charge in [-0.25, -0.2) is 0 Å². The van der Waals surface area contributed by atoms with Crippen LogP contribution in [0, 0.1) is 40.3 Å². The highest BCUT2D eigenvalue weighted by Gasteiger charge is 2.21. The summed E-state index contributed by atoms with van der Waals surface area (Å²) in [6.07, 6.45) is 10.1. The van der Waals surface area contributed by atoms with Crippen molar-refractivity contribution < 1.29 is 0 Å². The summed E-state index contributed by atoms with van der Waals surface area (Å²) >= 11 is 1.46. The molecule has 0 spiro atoms. The van der Waals surface area contributed by atoms with Crippen molar-refractivity contribution in [3.05, 3.63) is 0 Å². The Hall–Kier alpha value is -0.600. The van der Waals surface area contributed by atoms with Crippen LogP contribution in [0.2, 0.25) is 0 Å². The van der Waals surface area contributed by atoms with Crippen molar-refractivity contribution in [2.45, 2.75) is 63.5 Å². The summed E-state index contributed by atoms with van der Waals surface area (Å²) in [4.78, 5) is 0. The molecule has 2 aliphatic carbocycles. The van der Waals surface area contributed by atoms with Crippen LogP contribution in [-0.2, 0) is 0 Å². The zero-order chi connectivity index (χ0) is 12.8. The minimum Gasteiger partial charge on any atom is -0.185 e. The molecule has 0 heterocycles. The molecular formula is C16H23NS. The third kappa shape index (κ3) is 4.25. The number of thiocyanates is 1. The third-order valence-electron chi connectivity index (χ3n) is 4.40. The van der Waals surface area contributed by atoms with Crippen LogP contribution in [-0.4, -0.2) is 5.25 Å². The molecule has 2 heteroatoms. The molecule has 18 heavy (non-hydrogen) atoms. The van der Waals surface area contributed by atoms with E-state index in [2.05, 4.69) is 24.2 Å². The monoisotopic (exact) mass is 261 g/mol. The van der Waals surface area contributed by atoms with Gasteiger partial charge in [-0.05, 0) is 69.0 Å². The molecule has 98 valence electrons. The van der Waals surface area contributed by atoms with E-state index in [0.29, 0.717) is 17.1 Å². The van der Waals surface area contributed by atoms with Gasteiger partial charge in [0.2, 0.25) is 0 Å². The number of hydrogen-bond donors (Lipinski definition) is 0. The van der Waals surface area contributed by atoms with E-state index in [1.807, 2.05) is 0 Å². The Labute approximate surface area is 116 Å². The van der Waals surface area contributed by atoms with Crippen LogP contribution in [0.1, 0.15) is 58.3 Å². The lowest BCUT2D eigenvalue weighted by atomic mass is 9.82. The summed E-state index contributed by atoms with van der Waals surface area (Å²) in [5, 5.41) is 11.5. The molecule has 0 N–H and O–H groups in total. The molecule has 0 atom stereocenters. The summed E-state index contributed by atoms with van der Waals surface area (Å²) in [6, 6.07) is 0. The molecule has 2 saturated carbocycles. The standard InChI is InChI=1S/C16H23NS/c1-13-2-4-14(5-3-13)6-7-15-8-10-16(11-9-15)18-12-17/h13-16H,2-5,8-11H2,1H3. The van der Waals surface area contributed by atoms with Crippen LogP contribution in [0.25, 0.3) is 0 Å². The summed E-state index contributed by atoms with van der Waals surface area (Å²) in [6.45, 7) is 2.36. The van der Waals surface area contributed by atoms with Gasteiger partial charge in [-0.15, -0.1) is 0 Å². The number of hydrogen-bond acceptors (Lipinski definition) is 2. The van der Waals surface area contributed by atoms with Crippen LogP contribution in [0.3, 0.4) is 0 Å². The van der Waals surface area contributed by atoms with Crippen molar-refractivity contribution in [2.24, 2.45) is 17.8 Å². The van der Waals surface area contributed by atoms with Gasteiger partial charge in [-0.3, -0.25) is 0 Å². The van der Waals surface area contributed by atoms with Gasteiger partial charge in [0.1, 0.15) is 5.40 Å². The lowest BCUT2D eigenvalue weighted by Crippen LogP contribution is -2.15. The normalized spacial score (nSPS) is 36.2. The van der Waals surface area contributed by atoms with E-state index < -0.39 is 0 Å². The molecule has 0 radical (unpaired) electrons. The summed E-state index contributed by atoms with van der Waals surface area (Å²) in [5.41, 5.74) is 0. The molecule has 0 aromatic heterocycles. The predicted molar refractivity (Wildman–Crippen MR) is 77.8 cm³/mol. The fraction of sp³-hybridized carbons (Fsp3) is 0.812. The van der Waals surface area contributed by atoms with E-state index in [4.69, 9.17) is 5.26 Å². The predicted octanol–water partition coefficient (Wildman–Crippen LogP) is 4.59. The van der Waals surface area contributed by atoms with Crippen LogP contribution < -0.4 is 0 Å². The maximum absolute atomic E-state index is 8.66. The molecule has 0 aromatic carbocycles. The van der Waals surface area contributed by atoms with E-state index in [0.717, 1.165) is 5.92 Å². The topological polar surface area (TPSA) is 23.8 Å². The second-order valence-electron chi connectivity index (χ2n) is 5.93. The fourth-order valence-electron chi connectivity index (χ4n) is 3.04. The van der Waals surface area contributed by atoms with Gasteiger partial charge in [0.25, 0.3) is 0 Å². The molecule has 0 aromatic rings. The number of nitriles is 1. The van der Waals surface area contributed by atoms with Crippen LogP contribution in [0.15, 0.2) is 0 Å². The molecule has 0 aliphatic heterocycles. The smallest absolute Gasteiger partial charge is 0.133 e. The van der Waals surface area contributed by atoms with Crippen LogP contribution >= 0.6 is 11.8 Å². The zero-order valence-corrected chi connectivity index (χ0v) is 12.1. The Morgan fingerprint density at radius 1 is 0.833 bits per heavy atom. The van der Waals surface area contributed by atoms with E-state index in [1.165, 1.54) is 63.1 Å². The third-order valence-corrected chi connectivity index (χ3v) is 5.31. The van der Waals surface area contributed by atoms with E-state index in [9.17, 15) is 0 Å². The van der Waals surface area contributed by atoms with Crippen molar-refractivity contribution in [3.8, 4) is 17.2 Å². The Morgan fingerprint density at radius 3 is 1.83 bits per heavy atom. The maximum atomic E-state index is 8.66. The number of rotatable bonds is 1. The molecule has 2 fully saturated rings. The summed E-state index contributed by atoms with van der Waals surface area (Å²) < 4.78 is 0. The number of nitrogens with zero attached hydrogens (tertiary/aromatic N) is 1. The molecule has 0 amide bonds. The average Bonchev–Trinajstić information content (AvgIpc) is 2.40. The van der Waals surface area contributed by atoms with E-state index in [-0.39, 0.29) is 0 Å². The van der Waals surface area contributed by atoms with Crippen LogP contribution in [0.4, 0.5) is 0 Å². The van der Waals surface area contributed by atoms with Gasteiger partial charge in [0, 0.05) is 17.1 Å². The fourth-order valence-corrected chi connectivity index (χ4v) is 3.70. The first kappa shape index (κ1) is 13.8. The first-order valence-corrected chi connectivity index (χ1v) is 8.21. The van der Waals surface area contributed by atoms with E-state index in [1.54, 1.807) is 0 Å². The van der Waals surface area contributed by atoms with Crippen molar-refractivity contribution in [3.63, 3.8) is 0 Å². The van der Waals surface area contributed by atoms with Gasteiger partial charge < -0.3 is 0 Å². The highest BCUT2D eigenvalue weighted by atomic mass is 32.2. The molecule has 2 rings (SSSR count). The lowest BCUT2D eigenvalue weighted by Gasteiger charge is -2.24. The molecule has 0 bridgehead atoms. The Morgan fingerprint density at radius 2 is 1.33 bits per heavy atom. The van der Waals surface area contributed by atoms with Gasteiger partial charge in [0.05, 0.1) is 0 Å². The minimum atomic E-state index is 0.573. The molecular weight excluding hydrogens is 238 g/mol. The first-order valence-electron chi connectivity index (χ1n) is 7.33. The molecule has 1 nitrogen and oxygen atoms in total. The Kier molecular flexibility index (Phi) is 5.45. The highest BCUT2D eigenvalue weighted by Crippen LogP contribution is 2.32. The Bertz CT molecular complexity index is 344. The summed E-state index contributed by atoms with van der Waals surface area (Å²) in [7, 11) is 0. The van der Waals surface area contributed by atoms with Crippen molar-refractivity contribution in [1.82, 2.24) is 0 Å². The SMILES string of the molecule is CC1CCC(C#CC2CCC(SC#N)CC2)CC1. The van der Waals surface area contributed by atoms with Crippen molar-refractivity contribution in [2.75, 3.05) is 0 Å². The van der Waals surface area contributed by atoms with E-state index >= 15 is 0 Å². The van der Waals surface area contributed by atoms with Gasteiger partial charge in [-0.2, -0.15) is 5.26 Å². The van der Waals surface area contributed by atoms with Gasteiger partial charge in [-0.1, -0.05) is 18.8 Å². The number of thioether (sulfide) groups is 1. The molecule has 0 saturated heterocycles. The van der Waals surface area contributed by atoms with Gasteiger partial charge in [0.15, 0.2) is 0 Å². The summed E-state index contributed by atoms with van der Waals surface area (Å²) in [5.74, 6) is 9.27. The van der Waals surface area contributed by atoms with Crippen molar-refractivity contribution in [1.29, 1.82) is 5.26 Å². The van der Waals surface area contributed by atoms with Crippen molar-refractivity contribution >= 4 is 11.8 Å². The molecule has 2 aliphatic rings. The second kappa shape index (κ2) is 7.10. The first-order chi connectivity index (χ1) is 8.78.